The third kappa shape index (κ3) is 4.00. The van der Waals surface area contributed by atoms with Gasteiger partial charge in [-0.1, -0.05) is 0 Å². The van der Waals surface area contributed by atoms with Gasteiger partial charge in [-0.3, -0.25) is 0 Å². The first-order valence-electron chi connectivity index (χ1n) is 10.9. The summed E-state index contributed by atoms with van der Waals surface area (Å²) in [5, 5.41) is 0. The van der Waals surface area contributed by atoms with Gasteiger partial charge in [-0.2, -0.15) is 0 Å². The first-order chi connectivity index (χ1) is 16.8. The molecule has 0 atom stereocenters. The molecule has 0 N–H and O–H groups in total. The van der Waals surface area contributed by atoms with Gasteiger partial charge in [-0.15, -0.1) is 0 Å². The second-order valence-electron chi connectivity index (χ2n) is 8.15. The quantitative estimate of drug-likeness (QED) is 0.128. The van der Waals surface area contributed by atoms with Crippen LogP contribution in [0, 0.1) is 10.5 Å². The maximum absolute atomic E-state index is 15.8. The topological polar surface area (TPSA) is 18.5 Å². The van der Waals surface area contributed by atoms with E-state index in [4.69, 9.17) is 3.07 Å². The van der Waals surface area contributed by atoms with Crippen LogP contribution in [0.3, 0.4) is 0 Å². The molecule has 0 amide bonds. The molecular formula is C28H21F4IO2. The molecule has 0 bridgehead atoms. The SMILES string of the molecule is Cc1ccc(OC(F)(F)C(F)(F)I2OC(c3ccccc3)(c3ccccc3)c3ccccc32)cc1. The first kappa shape index (κ1) is 23.8. The van der Waals surface area contributed by atoms with Crippen LogP contribution >= 0.6 is 20.2 Å². The average Bonchev–Trinajstić information content (AvgIpc) is 3.23. The van der Waals surface area contributed by atoms with Crippen LogP contribution in [0.4, 0.5) is 17.6 Å². The molecule has 0 aromatic heterocycles. The molecule has 1 heterocycles. The average molecular weight is 592 g/mol. The van der Waals surface area contributed by atoms with E-state index in [1.54, 1.807) is 85.8 Å². The van der Waals surface area contributed by atoms with Crippen molar-refractivity contribution in [2.24, 2.45) is 0 Å². The van der Waals surface area contributed by atoms with Gasteiger partial charge in [0.2, 0.25) is 0 Å². The number of benzene rings is 4. The van der Waals surface area contributed by atoms with Crippen molar-refractivity contribution in [3.05, 3.63) is 135 Å². The Bertz CT molecular complexity index is 1270. The Kier molecular flexibility index (Phi) is 6.09. The van der Waals surface area contributed by atoms with Crippen LogP contribution in [0.15, 0.2) is 109 Å². The molecule has 0 aliphatic carbocycles. The molecule has 7 heteroatoms. The van der Waals surface area contributed by atoms with Crippen molar-refractivity contribution >= 4 is 20.2 Å². The molecule has 0 spiro atoms. The molecule has 35 heavy (non-hydrogen) atoms. The van der Waals surface area contributed by atoms with Crippen LogP contribution in [0.2, 0.25) is 0 Å². The summed E-state index contributed by atoms with van der Waals surface area (Å²) in [6.45, 7) is 1.76. The maximum atomic E-state index is 15.8. The van der Waals surface area contributed by atoms with Gasteiger partial charge < -0.3 is 0 Å². The molecule has 4 aromatic carbocycles. The monoisotopic (exact) mass is 592 g/mol. The van der Waals surface area contributed by atoms with E-state index in [9.17, 15) is 0 Å². The summed E-state index contributed by atoms with van der Waals surface area (Å²) < 4.78 is 68.4. The third-order valence-electron chi connectivity index (χ3n) is 5.80. The molecule has 0 radical (unpaired) electrons. The molecule has 5 rings (SSSR count). The van der Waals surface area contributed by atoms with Gasteiger partial charge in [0.25, 0.3) is 0 Å². The Morgan fingerprint density at radius 2 is 1.20 bits per heavy atom. The zero-order valence-corrected chi connectivity index (χ0v) is 20.8. The summed E-state index contributed by atoms with van der Waals surface area (Å²) in [6.07, 6.45) is -4.77. The number of rotatable bonds is 6. The Balaban J connectivity index is 1.64. The number of fused-ring (bicyclic) bond motifs is 1. The van der Waals surface area contributed by atoms with Gasteiger partial charge in [-0.05, 0) is 0 Å². The predicted molar refractivity (Wildman–Crippen MR) is 135 cm³/mol. The minimum atomic E-state index is -4.77. The Labute approximate surface area is 208 Å². The van der Waals surface area contributed by atoms with Crippen LogP contribution in [-0.4, -0.2) is 10.0 Å². The second-order valence-corrected chi connectivity index (χ2v) is 12.5. The zero-order valence-electron chi connectivity index (χ0n) is 18.6. The molecule has 0 saturated heterocycles. The number of ether oxygens (including phenoxy) is 1. The van der Waals surface area contributed by atoms with Crippen molar-refractivity contribution in [3.8, 4) is 5.75 Å². The fraction of sp³-hybridized carbons (Fsp3) is 0.143. The number of halogens is 5. The van der Waals surface area contributed by atoms with E-state index in [1.165, 1.54) is 30.3 Å². The van der Waals surface area contributed by atoms with E-state index in [0.717, 1.165) is 5.56 Å². The van der Waals surface area contributed by atoms with Crippen LogP contribution < -0.4 is 4.74 Å². The predicted octanol–water partition coefficient (Wildman–Crippen LogP) is 8.17. The molecule has 1 aliphatic heterocycles. The zero-order chi connectivity index (χ0) is 24.7. The number of hydrogen-bond donors (Lipinski definition) is 0. The van der Waals surface area contributed by atoms with Gasteiger partial charge >= 0.3 is 209 Å². The summed E-state index contributed by atoms with van der Waals surface area (Å²) >= 11 is -4.38. The molecule has 2 nitrogen and oxygen atoms in total. The van der Waals surface area contributed by atoms with Gasteiger partial charge in [0, 0.05) is 0 Å². The van der Waals surface area contributed by atoms with Crippen LogP contribution in [-0.2, 0) is 8.67 Å². The van der Waals surface area contributed by atoms with Crippen LogP contribution in [0.5, 0.6) is 5.75 Å². The molecule has 4 aromatic rings. The third-order valence-corrected chi connectivity index (χ3v) is 10.8. The molecule has 1 aliphatic rings. The first-order valence-corrected chi connectivity index (χ1v) is 13.9. The normalized spacial score (nSPS) is 16.1. The summed E-state index contributed by atoms with van der Waals surface area (Å²) in [5.74, 6) is -0.332. The Hall–Kier alpha value is -2.91. The fourth-order valence-electron chi connectivity index (χ4n) is 4.10. The number of alkyl halides is 5. The van der Waals surface area contributed by atoms with E-state index in [-0.39, 0.29) is 9.32 Å². The Morgan fingerprint density at radius 3 is 1.77 bits per heavy atom. The van der Waals surface area contributed by atoms with Crippen LogP contribution in [0.1, 0.15) is 22.3 Å². The van der Waals surface area contributed by atoms with Crippen molar-refractivity contribution < 1.29 is 25.4 Å². The van der Waals surface area contributed by atoms with Crippen molar-refractivity contribution in [1.29, 1.82) is 0 Å². The molecule has 0 saturated carbocycles. The molecule has 180 valence electrons. The van der Waals surface area contributed by atoms with Crippen LogP contribution in [0.25, 0.3) is 0 Å². The van der Waals surface area contributed by atoms with Crippen molar-refractivity contribution in [2.45, 2.75) is 22.6 Å². The van der Waals surface area contributed by atoms with Gasteiger partial charge in [0.1, 0.15) is 0 Å². The second kappa shape index (κ2) is 8.95. The van der Waals surface area contributed by atoms with E-state index >= 15 is 17.6 Å². The van der Waals surface area contributed by atoms with Crippen molar-refractivity contribution in [1.82, 2.24) is 0 Å². The number of hydrogen-bond acceptors (Lipinski definition) is 2. The van der Waals surface area contributed by atoms with E-state index in [0.29, 0.717) is 16.7 Å². The van der Waals surface area contributed by atoms with E-state index in [2.05, 4.69) is 4.74 Å². The summed E-state index contributed by atoms with van der Waals surface area (Å²) in [7, 11) is 0. The number of aryl methyl sites for hydroxylation is 1. The minimum absolute atomic E-state index is 0.140. The molecule has 0 unspecified atom stereocenters. The van der Waals surface area contributed by atoms with Crippen molar-refractivity contribution in [2.75, 3.05) is 0 Å². The summed E-state index contributed by atoms with van der Waals surface area (Å²) in [5.41, 5.74) is 1.00. The van der Waals surface area contributed by atoms with E-state index < -0.39 is 35.9 Å². The summed E-state index contributed by atoms with van der Waals surface area (Å²) in [4.78, 5) is 0. The molecule has 0 fully saturated rings. The van der Waals surface area contributed by atoms with Gasteiger partial charge in [0.15, 0.2) is 0 Å². The standard InChI is InChI=1S/C28H21F4IO2/c1-20-16-18-23(19-17-20)34-28(31,32)27(29,30)33-25-15-9-8-14-24(25)26(35-33,21-10-4-2-5-11-21)22-12-6-3-7-13-22/h2-19H,1H3. The Morgan fingerprint density at radius 1 is 0.686 bits per heavy atom. The fourth-order valence-corrected chi connectivity index (χ4v) is 9.05. The van der Waals surface area contributed by atoms with Crippen molar-refractivity contribution in [3.63, 3.8) is 0 Å². The summed E-state index contributed by atoms with van der Waals surface area (Å²) in [6, 6.07) is 29.8. The molecular weight excluding hydrogens is 571 g/mol. The van der Waals surface area contributed by atoms with E-state index in [1.807, 2.05) is 0 Å². The van der Waals surface area contributed by atoms with Gasteiger partial charge in [-0.25, -0.2) is 0 Å². The van der Waals surface area contributed by atoms with Gasteiger partial charge in [0.05, 0.1) is 0 Å².